The maximum atomic E-state index is 14.1. The molecular formula is C31H25ClN2O5. The first kappa shape index (κ1) is 24.8. The lowest BCUT2D eigenvalue weighted by Gasteiger charge is -2.27. The molecule has 3 heterocycles. The van der Waals surface area contributed by atoms with Crippen LogP contribution in [-0.4, -0.2) is 28.9 Å². The molecule has 0 fully saturated rings. The Hall–Kier alpha value is -4.49. The smallest absolute Gasteiger partial charge is 0.294 e. The zero-order valence-electron chi connectivity index (χ0n) is 21.5. The summed E-state index contributed by atoms with van der Waals surface area (Å²) in [6, 6.07) is 19.1. The van der Waals surface area contributed by atoms with E-state index in [1.807, 2.05) is 62.4 Å². The van der Waals surface area contributed by atoms with E-state index in [1.54, 1.807) is 18.2 Å². The molecule has 0 spiro atoms. The van der Waals surface area contributed by atoms with Crippen LogP contribution in [0, 0.1) is 6.92 Å². The van der Waals surface area contributed by atoms with Crippen molar-refractivity contribution in [3.63, 3.8) is 0 Å². The number of amides is 1. The topological polar surface area (TPSA) is 95.8 Å². The summed E-state index contributed by atoms with van der Waals surface area (Å²) >= 11 is 6.22. The van der Waals surface area contributed by atoms with Gasteiger partial charge in [-0.3, -0.25) is 14.5 Å². The highest BCUT2D eigenvalue weighted by Crippen LogP contribution is 2.46. The molecule has 6 rings (SSSR count). The first-order valence-electron chi connectivity index (χ1n) is 12.6. The number of anilines is 1. The van der Waals surface area contributed by atoms with Gasteiger partial charge < -0.3 is 19.2 Å². The number of ether oxygens (including phenoxy) is 1. The number of Topliss-reactive ketones (excluding diaryl/α,β-unsaturated/α-hetero) is 1. The number of benzene rings is 3. The summed E-state index contributed by atoms with van der Waals surface area (Å²) in [5, 5.41) is 13.1. The number of aliphatic hydroxyl groups excluding tert-OH is 1. The number of aryl methyl sites for hydroxylation is 2. The second-order valence-electron chi connectivity index (χ2n) is 9.54. The number of aliphatic hydroxyl groups is 1. The lowest BCUT2D eigenvalue weighted by Crippen LogP contribution is -2.31. The van der Waals surface area contributed by atoms with E-state index in [0.717, 1.165) is 34.1 Å². The van der Waals surface area contributed by atoms with Crippen LogP contribution in [0.2, 0.25) is 5.02 Å². The highest BCUT2D eigenvalue weighted by molar-refractivity contribution is 6.31. The molecule has 1 atom stereocenters. The first-order chi connectivity index (χ1) is 18.8. The molecule has 39 heavy (non-hydrogen) atoms. The fourth-order valence-electron chi connectivity index (χ4n) is 5.40. The van der Waals surface area contributed by atoms with Gasteiger partial charge in [-0.1, -0.05) is 48.9 Å². The molecule has 0 saturated carbocycles. The second-order valence-corrected chi connectivity index (χ2v) is 9.97. The standard InChI is InChI=1S/C31H25ClN2O5/c1-4-17-9-11-20(12-10-17)34-27(25-16(2)33-22-8-6-5-7-21(22)25)26(29(36)31(34)37)28(35)23-14-18-13-19(32)15-24(38-3)30(18)39-23/h5-15,27,33,36H,4H2,1-3H3. The van der Waals surface area contributed by atoms with Crippen molar-refractivity contribution in [2.24, 2.45) is 0 Å². The van der Waals surface area contributed by atoms with Gasteiger partial charge in [0.25, 0.3) is 5.91 Å². The van der Waals surface area contributed by atoms with Crippen molar-refractivity contribution in [2.45, 2.75) is 26.3 Å². The number of H-pyrrole nitrogens is 1. The number of carbonyl (C=O) groups is 2. The number of methoxy groups -OCH3 is 1. The minimum Gasteiger partial charge on any atom is -0.503 e. The fraction of sp³-hybridized carbons (Fsp3) is 0.161. The largest absolute Gasteiger partial charge is 0.503 e. The molecule has 1 aliphatic rings. The van der Waals surface area contributed by atoms with Crippen LogP contribution in [0.25, 0.3) is 21.9 Å². The third-order valence-corrected chi connectivity index (χ3v) is 7.50. The van der Waals surface area contributed by atoms with Crippen LogP contribution in [0.3, 0.4) is 0 Å². The van der Waals surface area contributed by atoms with Crippen LogP contribution in [0.4, 0.5) is 5.69 Å². The van der Waals surface area contributed by atoms with Crippen molar-refractivity contribution in [3.05, 3.63) is 106 Å². The Bertz CT molecular complexity index is 1810. The number of para-hydroxylation sites is 1. The van der Waals surface area contributed by atoms with E-state index in [4.69, 9.17) is 20.8 Å². The molecule has 2 aromatic heterocycles. The van der Waals surface area contributed by atoms with E-state index in [2.05, 4.69) is 4.98 Å². The monoisotopic (exact) mass is 540 g/mol. The molecule has 5 aromatic rings. The summed E-state index contributed by atoms with van der Waals surface area (Å²) in [7, 11) is 1.48. The van der Waals surface area contributed by atoms with E-state index in [-0.39, 0.29) is 11.3 Å². The zero-order chi connectivity index (χ0) is 27.4. The summed E-state index contributed by atoms with van der Waals surface area (Å²) in [4.78, 5) is 32.6. The van der Waals surface area contributed by atoms with Crippen molar-refractivity contribution in [1.29, 1.82) is 0 Å². The molecule has 8 heteroatoms. The van der Waals surface area contributed by atoms with Crippen LogP contribution in [0.15, 0.2) is 82.5 Å². The maximum absolute atomic E-state index is 14.1. The van der Waals surface area contributed by atoms with Gasteiger partial charge in [-0.2, -0.15) is 0 Å². The number of aromatic nitrogens is 1. The minimum absolute atomic E-state index is 0.0365. The van der Waals surface area contributed by atoms with Gasteiger partial charge >= 0.3 is 0 Å². The van der Waals surface area contributed by atoms with Crippen LogP contribution >= 0.6 is 11.6 Å². The van der Waals surface area contributed by atoms with Crippen molar-refractivity contribution in [2.75, 3.05) is 12.0 Å². The first-order valence-corrected chi connectivity index (χ1v) is 12.9. The molecule has 7 nitrogen and oxygen atoms in total. The summed E-state index contributed by atoms with van der Waals surface area (Å²) in [6.07, 6.45) is 0.839. The van der Waals surface area contributed by atoms with Crippen LogP contribution in [-0.2, 0) is 11.2 Å². The third kappa shape index (κ3) is 3.89. The predicted molar refractivity (Wildman–Crippen MR) is 151 cm³/mol. The number of hydrogen-bond acceptors (Lipinski definition) is 5. The number of rotatable bonds is 6. The van der Waals surface area contributed by atoms with E-state index in [1.165, 1.54) is 12.0 Å². The Labute approximate surface area is 229 Å². The molecule has 1 amide bonds. The Morgan fingerprint density at radius 1 is 1.13 bits per heavy atom. The molecular weight excluding hydrogens is 516 g/mol. The lowest BCUT2D eigenvalue weighted by atomic mass is 9.92. The molecule has 0 saturated heterocycles. The quantitative estimate of drug-likeness (QED) is 0.221. The molecule has 0 aliphatic carbocycles. The van der Waals surface area contributed by atoms with Crippen molar-refractivity contribution < 1.29 is 23.8 Å². The molecule has 3 aromatic carbocycles. The van der Waals surface area contributed by atoms with E-state index >= 15 is 0 Å². The highest BCUT2D eigenvalue weighted by Gasteiger charge is 2.47. The Morgan fingerprint density at radius 3 is 2.59 bits per heavy atom. The Kier molecular flexibility index (Phi) is 5.96. The lowest BCUT2D eigenvalue weighted by molar-refractivity contribution is -0.117. The van der Waals surface area contributed by atoms with Gasteiger partial charge in [0.2, 0.25) is 5.78 Å². The van der Waals surface area contributed by atoms with Crippen molar-refractivity contribution >= 4 is 50.9 Å². The van der Waals surface area contributed by atoms with E-state index in [0.29, 0.717) is 27.4 Å². The number of ketones is 1. The van der Waals surface area contributed by atoms with Gasteiger partial charge in [-0.15, -0.1) is 0 Å². The molecule has 196 valence electrons. The molecule has 1 unspecified atom stereocenters. The second kappa shape index (κ2) is 9.36. The van der Waals surface area contributed by atoms with Gasteiger partial charge in [-0.05, 0) is 49.2 Å². The van der Waals surface area contributed by atoms with Gasteiger partial charge in [-0.25, -0.2) is 0 Å². The zero-order valence-corrected chi connectivity index (χ0v) is 22.3. The summed E-state index contributed by atoms with van der Waals surface area (Å²) in [5.74, 6) is -1.53. The average molecular weight is 541 g/mol. The molecule has 0 radical (unpaired) electrons. The average Bonchev–Trinajstić information content (AvgIpc) is 3.59. The van der Waals surface area contributed by atoms with Crippen LogP contribution in [0.1, 0.15) is 40.3 Å². The number of nitrogens with one attached hydrogen (secondary N) is 1. The van der Waals surface area contributed by atoms with Crippen LogP contribution < -0.4 is 9.64 Å². The van der Waals surface area contributed by atoms with Crippen molar-refractivity contribution in [3.8, 4) is 5.75 Å². The Balaban J connectivity index is 1.56. The number of hydrogen-bond donors (Lipinski definition) is 2. The summed E-state index contributed by atoms with van der Waals surface area (Å²) in [6.45, 7) is 3.94. The highest BCUT2D eigenvalue weighted by atomic mass is 35.5. The molecule has 2 N–H and O–H groups in total. The van der Waals surface area contributed by atoms with E-state index in [9.17, 15) is 14.7 Å². The number of carbonyl (C=O) groups excluding carboxylic acids is 2. The van der Waals surface area contributed by atoms with Gasteiger partial charge in [0.15, 0.2) is 22.9 Å². The number of furan rings is 1. The Morgan fingerprint density at radius 2 is 1.87 bits per heavy atom. The normalized spacial score (nSPS) is 15.6. The van der Waals surface area contributed by atoms with Gasteiger partial charge in [0, 0.05) is 44.3 Å². The summed E-state index contributed by atoms with van der Waals surface area (Å²) < 4.78 is 11.3. The van der Waals surface area contributed by atoms with Gasteiger partial charge in [0.1, 0.15) is 0 Å². The van der Waals surface area contributed by atoms with Gasteiger partial charge in [0.05, 0.1) is 18.7 Å². The maximum Gasteiger partial charge on any atom is 0.294 e. The third-order valence-electron chi connectivity index (χ3n) is 7.28. The summed E-state index contributed by atoms with van der Waals surface area (Å²) in [5.41, 5.74) is 4.33. The van der Waals surface area contributed by atoms with Crippen molar-refractivity contribution in [1.82, 2.24) is 4.98 Å². The van der Waals surface area contributed by atoms with E-state index < -0.39 is 23.5 Å². The number of halogens is 1. The predicted octanol–water partition coefficient (Wildman–Crippen LogP) is 7.23. The SMILES string of the molecule is CCc1ccc(N2C(=O)C(O)=C(C(=O)c3cc4cc(Cl)cc(OC)c4o3)C2c2c(C)[nH]c3ccccc23)cc1. The number of nitrogens with zero attached hydrogens (tertiary/aromatic N) is 1. The van der Waals surface area contributed by atoms with Crippen LogP contribution in [0.5, 0.6) is 5.75 Å². The molecule has 0 bridgehead atoms. The number of fused-ring (bicyclic) bond motifs is 2. The number of aromatic amines is 1. The fourth-order valence-corrected chi connectivity index (χ4v) is 5.62. The molecule has 1 aliphatic heterocycles. The minimum atomic E-state index is -0.896.